The van der Waals surface area contributed by atoms with E-state index in [-0.39, 0.29) is 6.42 Å². The first-order valence-electron chi connectivity index (χ1n) is 3.72. The first-order valence-corrected chi connectivity index (χ1v) is 4.70. The Morgan fingerprint density at radius 2 is 2.58 bits per heavy atom. The number of aliphatic carboxylic acids is 1. The van der Waals surface area contributed by atoms with Crippen molar-refractivity contribution in [3.8, 4) is 0 Å². The first-order chi connectivity index (χ1) is 5.79. The van der Waals surface area contributed by atoms with Crippen molar-refractivity contribution in [2.45, 2.75) is 19.3 Å². The van der Waals surface area contributed by atoms with E-state index in [1.54, 1.807) is 18.0 Å². The summed E-state index contributed by atoms with van der Waals surface area (Å²) in [5.41, 5.74) is 0. The standard InChI is InChI=1S/C7H10N2O2S/c10-7(11)2-1-5-12-6-3-4-8-9-6/h4H,1-3,5H2,(H,10,11). The maximum atomic E-state index is 10.1. The molecule has 0 unspecified atom stereocenters. The van der Waals surface area contributed by atoms with Gasteiger partial charge < -0.3 is 5.11 Å². The Balaban J connectivity index is 1.99. The molecule has 4 nitrogen and oxygen atoms in total. The number of rotatable bonds is 4. The van der Waals surface area contributed by atoms with Crippen LogP contribution in [0.5, 0.6) is 0 Å². The second kappa shape index (κ2) is 4.92. The van der Waals surface area contributed by atoms with Gasteiger partial charge in [-0.15, -0.1) is 16.9 Å². The van der Waals surface area contributed by atoms with E-state index < -0.39 is 5.97 Å². The Bertz CT molecular complexity index is 225. The summed E-state index contributed by atoms with van der Waals surface area (Å²) >= 11 is 1.59. The van der Waals surface area contributed by atoms with E-state index in [2.05, 4.69) is 10.2 Å². The number of carboxylic acid groups (broad SMARTS) is 1. The second-order valence-corrected chi connectivity index (χ2v) is 3.51. The highest BCUT2D eigenvalue weighted by Gasteiger charge is 2.03. The summed E-state index contributed by atoms with van der Waals surface area (Å²) in [6, 6.07) is 0. The fraction of sp³-hybridized carbons (Fsp3) is 0.571. The maximum Gasteiger partial charge on any atom is 0.303 e. The van der Waals surface area contributed by atoms with Gasteiger partial charge in [0.05, 0.1) is 0 Å². The quantitative estimate of drug-likeness (QED) is 0.674. The Morgan fingerprint density at radius 3 is 3.17 bits per heavy atom. The molecule has 0 amide bonds. The molecular weight excluding hydrogens is 176 g/mol. The van der Waals surface area contributed by atoms with Gasteiger partial charge in [0.15, 0.2) is 0 Å². The van der Waals surface area contributed by atoms with E-state index in [4.69, 9.17) is 5.11 Å². The van der Waals surface area contributed by atoms with E-state index in [9.17, 15) is 4.79 Å². The van der Waals surface area contributed by atoms with Crippen LogP contribution in [0.4, 0.5) is 0 Å². The van der Waals surface area contributed by atoms with Crippen molar-refractivity contribution in [1.82, 2.24) is 0 Å². The molecule has 0 saturated carbocycles. The molecule has 0 saturated heterocycles. The lowest BCUT2D eigenvalue weighted by Crippen LogP contribution is -1.96. The number of nitrogens with zero attached hydrogens (tertiary/aromatic N) is 2. The van der Waals surface area contributed by atoms with Crippen LogP contribution in [0, 0.1) is 0 Å². The molecular formula is C7H10N2O2S. The van der Waals surface area contributed by atoms with Gasteiger partial charge in [-0.2, -0.15) is 5.10 Å². The van der Waals surface area contributed by atoms with E-state index in [1.807, 2.05) is 0 Å². The number of hydrogen-bond donors (Lipinski definition) is 1. The van der Waals surface area contributed by atoms with E-state index >= 15 is 0 Å². The van der Waals surface area contributed by atoms with Crippen LogP contribution in [0.3, 0.4) is 0 Å². The SMILES string of the molecule is O=C(O)CCCSC1=NN=CC1. The average molecular weight is 186 g/mol. The predicted molar refractivity (Wildman–Crippen MR) is 49.9 cm³/mol. The Kier molecular flexibility index (Phi) is 3.79. The minimum absolute atomic E-state index is 0.237. The molecule has 0 aromatic rings. The van der Waals surface area contributed by atoms with Crippen LogP contribution in [0.1, 0.15) is 19.3 Å². The van der Waals surface area contributed by atoms with Crippen LogP contribution in [-0.2, 0) is 4.79 Å². The van der Waals surface area contributed by atoms with Crippen LogP contribution in [0.25, 0.3) is 0 Å². The predicted octanol–water partition coefficient (Wildman–Crippen LogP) is 1.37. The lowest BCUT2D eigenvalue weighted by molar-refractivity contribution is -0.137. The molecule has 0 fully saturated rings. The molecule has 1 heterocycles. The molecule has 0 aliphatic carbocycles. The molecule has 5 heteroatoms. The molecule has 1 aliphatic heterocycles. The molecule has 0 aromatic heterocycles. The molecule has 66 valence electrons. The summed E-state index contributed by atoms with van der Waals surface area (Å²) < 4.78 is 0. The van der Waals surface area contributed by atoms with Gasteiger partial charge in [-0.25, -0.2) is 0 Å². The fourth-order valence-electron chi connectivity index (χ4n) is 0.766. The highest BCUT2D eigenvalue weighted by atomic mass is 32.2. The monoisotopic (exact) mass is 186 g/mol. The van der Waals surface area contributed by atoms with Gasteiger partial charge in [-0.1, -0.05) is 0 Å². The highest BCUT2D eigenvalue weighted by Crippen LogP contribution is 2.12. The summed E-state index contributed by atoms with van der Waals surface area (Å²) in [4.78, 5) is 10.1. The molecule has 0 atom stereocenters. The molecule has 0 radical (unpaired) electrons. The summed E-state index contributed by atoms with van der Waals surface area (Å²) in [6.07, 6.45) is 3.48. The number of carboxylic acids is 1. The van der Waals surface area contributed by atoms with Gasteiger partial charge in [0, 0.05) is 19.1 Å². The minimum Gasteiger partial charge on any atom is -0.481 e. The summed E-state index contributed by atoms with van der Waals surface area (Å²) in [5.74, 6) is 0.0781. The van der Waals surface area contributed by atoms with Crippen molar-refractivity contribution in [2.24, 2.45) is 10.2 Å². The van der Waals surface area contributed by atoms with Crippen molar-refractivity contribution in [3.05, 3.63) is 0 Å². The topological polar surface area (TPSA) is 62.0 Å². The Hall–Kier alpha value is -0.840. The van der Waals surface area contributed by atoms with E-state index in [0.717, 1.165) is 17.2 Å². The van der Waals surface area contributed by atoms with Gasteiger partial charge in [-0.3, -0.25) is 4.79 Å². The normalized spacial score (nSPS) is 14.8. The zero-order valence-electron chi connectivity index (χ0n) is 6.56. The van der Waals surface area contributed by atoms with Crippen LogP contribution in [0.2, 0.25) is 0 Å². The van der Waals surface area contributed by atoms with Crippen molar-refractivity contribution in [1.29, 1.82) is 0 Å². The second-order valence-electron chi connectivity index (χ2n) is 2.34. The van der Waals surface area contributed by atoms with Crippen molar-refractivity contribution < 1.29 is 9.90 Å². The van der Waals surface area contributed by atoms with Crippen molar-refractivity contribution in [3.63, 3.8) is 0 Å². The number of thioether (sulfide) groups is 1. The van der Waals surface area contributed by atoms with Crippen LogP contribution < -0.4 is 0 Å². The van der Waals surface area contributed by atoms with Crippen molar-refractivity contribution in [2.75, 3.05) is 5.75 Å². The van der Waals surface area contributed by atoms with Crippen LogP contribution in [0.15, 0.2) is 10.2 Å². The average Bonchev–Trinajstić information content (AvgIpc) is 2.49. The van der Waals surface area contributed by atoms with Crippen LogP contribution in [-0.4, -0.2) is 28.1 Å². The molecule has 1 aliphatic rings. The summed E-state index contributed by atoms with van der Waals surface area (Å²) in [7, 11) is 0. The maximum absolute atomic E-state index is 10.1. The van der Waals surface area contributed by atoms with Gasteiger partial charge in [0.1, 0.15) is 5.04 Å². The van der Waals surface area contributed by atoms with Crippen molar-refractivity contribution >= 4 is 29.0 Å². The highest BCUT2D eigenvalue weighted by molar-refractivity contribution is 8.14. The summed E-state index contributed by atoms with van der Waals surface area (Å²) in [5, 5.41) is 16.9. The number of hydrogen-bond acceptors (Lipinski definition) is 4. The summed E-state index contributed by atoms with van der Waals surface area (Å²) in [6.45, 7) is 0. The zero-order chi connectivity index (χ0) is 8.81. The fourth-order valence-corrected chi connectivity index (χ4v) is 1.59. The van der Waals surface area contributed by atoms with E-state index in [0.29, 0.717) is 6.42 Å². The van der Waals surface area contributed by atoms with Gasteiger partial charge in [0.25, 0.3) is 0 Å². The number of carbonyl (C=O) groups is 1. The molecule has 0 aromatic carbocycles. The molecule has 0 bridgehead atoms. The van der Waals surface area contributed by atoms with Gasteiger partial charge in [-0.05, 0) is 12.2 Å². The third-order valence-corrected chi connectivity index (χ3v) is 2.39. The van der Waals surface area contributed by atoms with Gasteiger partial charge >= 0.3 is 5.97 Å². The smallest absolute Gasteiger partial charge is 0.303 e. The lowest BCUT2D eigenvalue weighted by Gasteiger charge is -1.96. The zero-order valence-corrected chi connectivity index (χ0v) is 7.38. The van der Waals surface area contributed by atoms with Gasteiger partial charge in [0.2, 0.25) is 0 Å². The molecule has 0 spiro atoms. The minimum atomic E-state index is -0.736. The Morgan fingerprint density at radius 1 is 1.75 bits per heavy atom. The third kappa shape index (κ3) is 3.52. The Labute approximate surface area is 74.8 Å². The first kappa shape index (κ1) is 9.25. The van der Waals surface area contributed by atoms with E-state index in [1.165, 1.54) is 0 Å². The largest absolute Gasteiger partial charge is 0.481 e. The van der Waals surface area contributed by atoms with Crippen LogP contribution >= 0.6 is 11.8 Å². The lowest BCUT2D eigenvalue weighted by atomic mass is 10.3. The molecule has 12 heavy (non-hydrogen) atoms. The molecule has 1 N–H and O–H groups in total. The molecule has 1 rings (SSSR count). The third-order valence-electron chi connectivity index (χ3n) is 1.32.